The molecule has 1 aromatic carbocycles. The van der Waals surface area contributed by atoms with Crippen LogP contribution in [0.2, 0.25) is 0 Å². The summed E-state index contributed by atoms with van der Waals surface area (Å²) in [5.41, 5.74) is 5.85. The van der Waals surface area contributed by atoms with Gasteiger partial charge in [0, 0.05) is 55.7 Å². The molecule has 0 saturated carbocycles. The quantitative estimate of drug-likeness (QED) is 0.485. The highest BCUT2D eigenvalue weighted by Gasteiger charge is 2.31. The summed E-state index contributed by atoms with van der Waals surface area (Å²) in [4.78, 5) is 14.0. The Balaban J connectivity index is 1.41. The second-order valence-electron chi connectivity index (χ2n) is 9.67. The molecule has 1 N–H and O–H groups in total. The van der Waals surface area contributed by atoms with E-state index in [9.17, 15) is 9.50 Å². The van der Waals surface area contributed by atoms with Crippen molar-refractivity contribution in [2.75, 3.05) is 31.1 Å². The number of aromatic nitrogens is 4. The van der Waals surface area contributed by atoms with E-state index < -0.39 is 0 Å². The zero-order valence-corrected chi connectivity index (χ0v) is 19.8. The molecule has 2 saturated heterocycles. The lowest BCUT2D eigenvalue weighted by Gasteiger charge is -2.37. The molecule has 0 aliphatic carbocycles. The molecule has 8 heteroatoms. The van der Waals surface area contributed by atoms with Crippen LogP contribution < -0.4 is 4.90 Å². The average molecular weight is 473 g/mol. The van der Waals surface area contributed by atoms with Crippen LogP contribution in [0.15, 0.2) is 55.0 Å². The van der Waals surface area contributed by atoms with E-state index >= 15 is 0 Å². The van der Waals surface area contributed by atoms with Crippen molar-refractivity contribution in [2.45, 2.75) is 38.3 Å². The van der Waals surface area contributed by atoms with Crippen LogP contribution in [0.4, 0.5) is 10.1 Å². The second-order valence-corrected chi connectivity index (χ2v) is 9.67. The first-order valence-corrected chi connectivity index (χ1v) is 12.3. The lowest BCUT2D eigenvalue weighted by Crippen LogP contribution is -2.44. The van der Waals surface area contributed by atoms with Gasteiger partial charge in [-0.15, -0.1) is 0 Å². The van der Waals surface area contributed by atoms with Crippen molar-refractivity contribution in [1.82, 2.24) is 24.5 Å². The summed E-state index contributed by atoms with van der Waals surface area (Å²) < 4.78 is 16.3. The van der Waals surface area contributed by atoms with Crippen molar-refractivity contribution in [3.63, 3.8) is 0 Å². The monoisotopic (exact) mass is 472 g/mol. The first kappa shape index (κ1) is 22.1. The van der Waals surface area contributed by atoms with Crippen LogP contribution in [-0.2, 0) is 0 Å². The minimum atomic E-state index is -0.278. The Hall–Kier alpha value is -3.36. The molecule has 0 unspecified atom stereocenters. The Morgan fingerprint density at radius 3 is 2.46 bits per heavy atom. The highest BCUT2D eigenvalue weighted by atomic mass is 19.1. The van der Waals surface area contributed by atoms with Crippen LogP contribution in [0.3, 0.4) is 0 Å². The van der Waals surface area contributed by atoms with Gasteiger partial charge in [0.15, 0.2) is 5.65 Å². The van der Waals surface area contributed by atoms with Crippen LogP contribution in [0.25, 0.3) is 28.2 Å². The van der Waals surface area contributed by atoms with E-state index in [1.165, 1.54) is 12.1 Å². The molecule has 2 fully saturated rings. The number of pyridine rings is 1. The SMILES string of the molecule is Cc1cc(F)cc(-c2nc3c(N4CCC(N5CC[C@@H](O)C5)CC4)ccnn3c2-c2ccncc2)c1. The lowest BCUT2D eigenvalue weighted by atomic mass is 10.0. The average Bonchev–Trinajstić information content (AvgIpc) is 3.48. The van der Waals surface area contributed by atoms with Gasteiger partial charge in [-0.2, -0.15) is 5.10 Å². The second kappa shape index (κ2) is 9.02. The molecule has 0 spiro atoms. The number of aliphatic hydroxyl groups excluding tert-OH is 1. The highest BCUT2D eigenvalue weighted by Crippen LogP contribution is 2.36. The summed E-state index contributed by atoms with van der Waals surface area (Å²) in [5, 5.41) is 14.6. The summed E-state index contributed by atoms with van der Waals surface area (Å²) in [5.74, 6) is -0.278. The fraction of sp³-hybridized carbons (Fsp3) is 0.370. The van der Waals surface area contributed by atoms with E-state index in [4.69, 9.17) is 4.98 Å². The van der Waals surface area contributed by atoms with E-state index in [1.807, 2.05) is 41.9 Å². The number of benzene rings is 1. The van der Waals surface area contributed by atoms with Crippen molar-refractivity contribution in [1.29, 1.82) is 0 Å². The van der Waals surface area contributed by atoms with Crippen molar-refractivity contribution >= 4 is 11.3 Å². The molecule has 0 radical (unpaired) electrons. The zero-order chi connectivity index (χ0) is 23.9. The minimum absolute atomic E-state index is 0.186. The number of hydrogen-bond acceptors (Lipinski definition) is 6. The molecule has 180 valence electrons. The Bertz CT molecular complexity index is 1330. The van der Waals surface area contributed by atoms with Crippen LogP contribution >= 0.6 is 0 Å². The van der Waals surface area contributed by atoms with Gasteiger partial charge in [-0.05, 0) is 68.1 Å². The molecule has 2 aliphatic rings. The molecular formula is C27H29FN6O. The molecule has 35 heavy (non-hydrogen) atoms. The molecule has 1 atom stereocenters. The normalized spacial score (nSPS) is 19.6. The van der Waals surface area contributed by atoms with E-state index in [0.717, 1.165) is 79.2 Å². The molecule has 2 aliphatic heterocycles. The largest absolute Gasteiger partial charge is 0.392 e. The van der Waals surface area contributed by atoms with Crippen molar-refractivity contribution in [3.8, 4) is 22.5 Å². The third-order valence-electron chi connectivity index (χ3n) is 7.28. The first-order valence-electron chi connectivity index (χ1n) is 12.3. The van der Waals surface area contributed by atoms with Crippen molar-refractivity contribution < 1.29 is 9.50 Å². The molecule has 4 aromatic rings. The number of anilines is 1. The number of likely N-dealkylation sites (tertiary alicyclic amines) is 1. The van der Waals surface area contributed by atoms with Gasteiger partial charge in [0.05, 0.1) is 23.7 Å². The molecule has 7 nitrogen and oxygen atoms in total. The fourth-order valence-corrected chi connectivity index (χ4v) is 5.60. The lowest BCUT2D eigenvalue weighted by molar-refractivity contribution is 0.148. The van der Waals surface area contributed by atoms with Gasteiger partial charge < -0.3 is 10.0 Å². The maximum absolute atomic E-state index is 14.4. The first-order chi connectivity index (χ1) is 17.1. The maximum Gasteiger partial charge on any atom is 0.178 e. The van der Waals surface area contributed by atoms with E-state index in [-0.39, 0.29) is 11.9 Å². The van der Waals surface area contributed by atoms with E-state index in [2.05, 4.69) is 19.9 Å². The number of β-amino-alcohol motifs (C(OH)–C–C–N with tert-alkyl or cyclic N) is 1. The number of aliphatic hydroxyl groups is 1. The van der Waals surface area contributed by atoms with Crippen molar-refractivity contribution in [2.24, 2.45) is 0 Å². The number of imidazole rings is 1. The van der Waals surface area contributed by atoms with Crippen LogP contribution in [0.1, 0.15) is 24.8 Å². The highest BCUT2D eigenvalue weighted by molar-refractivity contribution is 5.85. The van der Waals surface area contributed by atoms with Gasteiger partial charge in [0.2, 0.25) is 0 Å². The number of piperidine rings is 1. The number of rotatable bonds is 4. The maximum atomic E-state index is 14.4. The third kappa shape index (κ3) is 4.17. The predicted molar refractivity (Wildman–Crippen MR) is 134 cm³/mol. The van der Waals surface area contributed by atoms with Crippen LogP contribution in [-0.4, -0.2) is 67.9 Å². The summed E-state index contributed by atoms with van der Waals surface area (Å²) in [6, 6.07) is 11.4. The number of nitrogens with zero attached hydrogens (tertiary/aromatic N) is 6. The molecule has 0 bridgehead atoms. The summed E-state index contributed by atoms with van der Waals surface area (Å²) in [6.45, 7) is 5.50. The number of hydrogen-bond donors (Lipinski definition) is 1. The Morgan fingerprint density at radius 1 is 0.943 bits per heavy atom. The number of fused-ring (bicyclic) bond motifs is 1. The third-order valence-corrected chi connectivity index (χ3v) is 7.28. The van der Waals surface area contributed by atoms with Gasteiger partial charge in [-0.1, -0.05) is 0 Å². The molecule has 3 aromatic heterocycles. The van der Waals surface area contributed by atoms with E-state index in [1.54, 1.807) is 12.4 Å². The van der Waals surface area contributed by atoms with Gasteiger partial charge in [0.1, 0.15) is 11.5 Å². The molecular weight excluding hydrogens is 443 g/mol. The van der Waals surface area contributed by atoms with Crippen molar-refractivity contribution in [3.05, 3.63) is 66.4 Å². The summed E-state index contributed by atoms with van der Waals surface area (Å²) in [7, 11) is 0. The number of aryl methyl sites for hydroxylation is 1. The van der Waals surface area contributed by atoms with E-state index in [0.29, 0.717) is 11.7 Å². The zero-order valence-electron chi connectivity index (χ0n) is 19.8. The smallest absolute Gasteiger partial charge is 0.178 e. The fourth-order valence-electron chi connectivity index (χ4n) is 5.60. The summed E-state index contributed by atoms with van der Waals surface area (Å²) in [6.07, 6.45) is 8.11. The van der Waals surface area contributed by atoms with Gasteiger partial charge >= 0.3 is 0 Å². The van der Waals surface area contributed by atoms with Crippen LogP contribution in [0, 0.1) is 12.7 Å². The summed E-state index contributed by atoms with van der Waals surface area (Å²) >= 11 is 0. The Labute approximate surface area is 203 Å². The Kier molecular flexibility index (Phi) is 5.70. The molecule has 5 heterocycles. The Morgan fingerprint density at radius 2 is 1.74 bits per heavy atom. The van der Waals surface area contributed by atoms with Gasteiger partial charge in [0.25, 0.3) is 0 Å². The topological polar surface area (TPSA) is 69.8 Å². The minimum Gasteiger partial charge on any atom is -0.392 e. The molecule has 6 rings (SSSR count). The van der Waals surface area contributed by atoms with Crippen LogP contribution in [0.5, 0.6) is 0 Å². The van der Waals surface area contributed by atoms with Gasteiger partial charge in [-0.3, -0.25) is 9.88 Å². The van der Waals surface area contributed by atoms with Gasteiger partial charge in [-0.25, -0.2) is 13.9 Å². The number of halogens is 1. The molecule has 0 amide bonds. The standard InChI is InChI=1S/C27H29FN6O/c1-18-14-20(16-21(28)15-18)25-26(19-2-8-29-9-3-19)34-27(31-25)24(4-10-30-34)32-11-5-22(6-12-32)33-13-7-23(35)17-33/h2-4,8-10,14-16,22-23,35H,5-7,11-13,17H2,1H3/t23-/m1/s1. The predicted octanol–water partition coefficient (Wildman–Crippen LogP) is 3.94.